The summed E-state index contributed by atoms with van der Waals surface area (Å²) in [6.45, 7) is 1.69. The molecule has 0 saturated carbocycles. The summed E-state index contributed by atoms with van der Waals surface area (Å²) in [5, 5.41) is 3.33. The van der Waals surface area contributed by atoms with Crippen LogP contribution in [0.4, 0.5) is 0 Å². The number of amidine groups is 1. The molecule has 0 bridgehead atoms. The Kier molecular flexibility index (Phi) is 5.14. The van der Waals surface area contributed by atoms with Gasteiger partial charge in [-0.3, -0.25) is 4.99 Å². The zero-order valence-electron chi connectivity index (χ0n) is 13.4. The molecule has 120 valence electrons. The van der Waals surface area contributed by atoms with Crippen LogP contribution in [0.1, 0.15) is 12.0 Å². The van der Waals surface area contributed by atoms with E-state index in [9.17, 15) is 0 Å². The molecule has 0 radical (unpaired) electrons. The number of rotatable bonds is 7. The molecule has 2 aromatic carbocycles. The van der Waals surface area contributed by atoms with Crippen LogP contribution in [0.3, 0.4) is 0 Å². The molecular weight excluding hydrogens is 288 g/mol. The summed E-state index contributed by atoms with van der Waals surface area (Å²) >= 11 is 0. The van der Waals surface area contributed by atoms with Gasteiger partial charge in [0.1, 0.15) is 5.84 Å². The Hall–Kier alpha value is -2.49. The van der Waals surface area contributed by atoms with Gasteiger partial charge in [0.05, 0.1) is 13.7 Å². The molecule has 1 unspecified atom stereocenters. The Bertz CT molecular complexity index is 655. The highest BCUT2D eigenvalue weighted by molar-refractivity contribution is 5.88. The van der Waals surface area contributed by atoms with E-state index in [4.69, 9.17) is 9.47 Å². The lowest BCUT2D eigenvalue weighted by Gasteiger charge is -2.21. The molecule has 0 saturated heterocycles. The van der Waals surface area contributed by atoms with Crippen LogP contribution in [0.2, 0.25) is 0 Å². The fraction of sp³-hybridized carbons (Fsp3) is 0.316. The third-order valence-corrected chi connectivity index (χ3v) is 3.88. The van der Waals surface area contributed by atoms with Crippen LogP contribution in [0.15, 0.2) is 59.6 Å². The first kappa shape index (κ1) is 15.4. The van der Waals surface area contributed by atoms with Crippen molar-refractivity contribution < 1.29 is 9.47 Å². The monoisotopic (exact) mass is 310 g/mol. The largest absolute Gasteiger partial charge is 0.493 e. The predicted octanol–water partition coefficient (Wildman–Crippen LogP) is 3.08. The van der Waals surface area contributed by atoms with Crippen molar-refractivity contribution in [2.45, 2.75) is 18.9 Å². The molecular formula is C19H22N2O2. The number of para-hydroxylation sites is 2. The zero-order valence-corrected chi connectivity index (χ0v) is 13.4. The number of nitrogens with one attached hydrogen (secondary N) is 1. The van der Waals surface area contributed by atoms with Crippen molar-refractivity contribution in [1.82, 2.24) is 5.32 Å². The lowest BCUT2D eigenvalue weighted by molar-refractivity contribution is 0.240. The molecule has 2 aromatic rings. The Morgan fingerprint density at radius 1 is 1.04 bits per heavy atom. The maximum atomic E-state index is 6.22. The molecule has 4 nitrogen and oxygen atoms in total. The number of methoxy groups -OCH3 is 1. The lowest BCUT2D eigenvalue weighted by atomic mass is 10.1. The third kappa shape index (κ3) is 4.03. The van der Waals surface area contributed by atoms with Gasteiger partial charge < -0.3 is 14.8 Å². The summed E-state index contributed by atoms with van der Waals surface area (Å²) in [4.78, 5) is 4.54. The van der Waals surface area contributed by atoms with Crippen molar-refractivity contribution >= 4 is 5.84 Å². The van der Waals surface area contributed by atoms with Crippen molar-refractivity contribution in [2.75, 3.05) is 20.2 Å². The topological polar surface area (TPSA) is 42.9 Å². The maximum Gasteiger partial charge on any atom is 0.162 e. The number of ether oxygens (including phenoxy) is 2. The first-order valence-corrected chi connectivity index (χ1v) is 7.98. The Labute approximate surface area is 137 Å². The minimum atomic E-state index is -0.0889. The van der Waals surface area contributed by atoms with Gasteiger partial charge in [-0.25, -0.2) is 0 Å². The molecule has 0 aromatic heterocycles. The number of aliphatic imine (C=N–C) groups is 1. The van der Waals surface area contributed by atoms with Gasteiger partial charge in [0, 0.05) is 6.54 Å². The number of aryl methyl sites for hydroxylation is 1. The maximum absolute atomic E-state index is 6.22. The molecule has 23 heavy (non-hydrogen) atoms. The van der Waals surface area contributed by atoms with Crippen molar-refractivity contribution in [3.8, 4) is 11.5 Å². The van der Waals surface area contributed by atoms with E-state index < -0.39 is 0 Å². The molecule has 0 amide bonds. The van der Waals surface area contributed by atoms with Gasteiger partial charge in [0.2, 0.25) is 0 Å². The molecule has 0 aliphatic carbocycles. The molecule has 1 N–H and O–H groups in total. The zero-order chi connectivity index (χ0) is 15.9. The quantitative estimate of drug-likeness (QED) is 0.854. The molecule has 0 spiro atoms. The first-order valence-electron chi connectivity index (χ1n) is 7.98. The summed E-state index contributed by atoms with van der Waals surface area (Å²) in [5.74, 6) is 2.44. The summed E-state index contributed by atoms with van der Waals surface area (Å²) < 4.78 is 11.6. The van der Waals surface area contributed by atoms with E-state index in [1.54, 1.807) is 7.11 Å². The van der Waals surface area contributed by atoms with Gasteiger partial charge >= 0.3 is 0 Å². The van der Waals surface area contributed by atoms with Gasteiger partial charge in [-0.05, 0) is 30.5 Å². The normalized spacial score (nSPS) is 14.7. The van der Waals surface area contributed by atoms with Gasteiger partial charge in [0.25, 0.3) is 0 Å². The minimum absolute atomic E-state index is 0.0889. The van der Waals surface area contributed by atoms with Gasteiger partial charge in [-0.1, -0.05) is 42.5 Å². The fourth-order valence-electron chi connectivity index (χ4n) is 2.70. The second-order valence-corrected chi connectivity index (χ2v) is 5.48. The predicted molar refractivity (Wildman–Crippen MR) is 92.5 cm³/mol. The van der Waals surface area contributed by atoms with Crippen molar-refractivity contribution in [3.05, 3.63) is 60.2 Å². The molecule has 1 heterocycles. The second-order valence-electron chi connectivity index (χ2n) is 5.48. The van der Waals surface area contributed by atoms with Gasteiger partial charge in [0.15, 0.2) is 17.6 Å². The average molecular weight is 310 g/mol. The van der Waals surface area contributed by atoms with Crippen LogP contribution in [-0.4, -0.2) is 32.1 Å². The first-order chi connectivity index (χ1) is 11.4. The number of benzene rings is 2. The van der Waals surface area contributed by atoms with Crippen LogP contribution in [-0.2, 0) is 6.42 Å². The fourth-order valence-corrected chi connectivity index (χ4v) is 2.70. The minimum Gasteiger partial charge on any atom is -0.493 e. The summed E-state index contributed by atoms with van der Waals surface area (Å²) in [6.07, 6.45) is 1.73. The van der Waals surface area contributed by atoms with Crippen molar-refractivity contribution in [1.29, 1.82) is 0 Å². The van der Waals surface area contributed by atoms with E-state index in [1.165, 1.54) is 5.56 Å². The highest BCUT2D eigenvalue weighted by atomic mass is 16.5. The number of hydrogen-bond donors (Lipinski definition) is 1. The highest BCUT2D eigenvalue weighted by Gasteiger charge is 2.21. The van der Waals surface area contributed by atoms with E-state index in [0.29, 0.717) is 0 Å². The molecule has 4 heteroatoms. The third-order valence-electron chi connectivity index (χ3n) is 3.88. The second kappa shape index (κ2) is 7.68. The van der Waals surface area contributed by atoms with E-state index in [1.807, 2.05) is 30.3 Å². The van der Waals surface area contributed by atoms with Crippen LogP contribution in [0, 0.1) is 0 Å². The van der Waals surface area contributed by atoms with E-state index in [-0.39, 0.29) is 6.10 Å². The van der Waals surface area contributed by atoms with E-state index in [2.05, 4.69) is 34.6 Å². The SMILES string of the molecule is COc1ccccc1OC(CCc1ccccc1)C1=NCCN1. The van der Waals surface area contributed by atoms with Crippen molar-refractivity contribution in [3.63, 3.8) is 0 Å². The van der Waals surface area contributed by atoms with Gasteiger partial charge in [-0.15, -0.1) is 0 Å². The van der Waals surface area contributed by atoms with Crippen LogP contribution < -0.4 is 14.8 Å². The Morgan fingerprint density at radius 3 is 2.48 bits per heavy atom. The van der Waals surface area contributed by atoms with Crippen LogP contribution in [0.5, 0.6) is 11.5 Å². The average Bonchev–Trinajstić information content (AvgIpc) is 3.14. The summed E-state index contributed by atoms with van der Waals surface area (Å²) in [6, 6.07) is 18.2. The molecule has 0 fully saturated rings. The van der Waals surface area contributed by atoms with Gasteiger partial charge in [-0.2, -0.15) is 0 Å². The Balaban J connectivity index is 1.73. The molecule has 1 atom stereocenters. The van der Waals surface area contributed by atoms with E-state index >= 15 is 0 Å². The number of hydrogen-bond acceptors (Lipinski definition) is 4. The van der Waals surface area contributed by atoms with Crippen LogP contribution in [0.25, 0.3) is 0 Å². The highest BCUT2D eigenvalue weighted by Crippen LogP contribution is 2.28. The molecule has 1 aliphatic heterocycles. The summed E-state index contributed by atoms with van der Waals surface area (Å²) in [7, 11) is 1.66. The smallest absolute Gasteiger partial charge is 0.162 e. The van der Waals surface area contributed by atoms with E-state index in [0.717, 1.165) is 43.3 Å². The van der Waals surface area contributed by atoms with Crippen molar-refractivity contribution in [2.24, 2.45) is 4.99 Å². The Morgan fingerprint density at radius 2 is 1.78 bits per heavy atom. The lowest BCUT2D eigenvalue weighted by Crippen LogP contribution is -2.36. The molecule has 3 rings (SSSR count). The molecule has 1 aliphatic rings. The summed E-state index contributed by atoms with van der Waals surface area (Å²) in [5.41, 5.74) is 1.31. The van der Waals surface area contributed by atoms with Crippen LogP contribution >= 0.6 is 0 Å². The standard InChI is InChI=1S/C19H22N2O2/c1-22-16-9-5-6-10-17(16)23-18(19-20-13-14-21-19)12-11-15-7-3-2-4-8-15/h2-10,18H,11-14H2,1H3,(H,20,21). The number of nitrogens with zero attached hydrogens (tertiary/aromatic N) is 1.